The Morgan fingerprint density at radius 2 is 1.83 bits per heavy atom. The molecule has 0 unspecified atom stereocenters. The molecule has 0 atom stereocenters. The van der Waals surface area contributed by atoms with Gasteiger partial charge in [-0.1, -0.05) is 49.0 Å². The Kier molecular flexibility index (Phi) is 10.2. The van der Waals surface area contributed by atoms with Gasteiger partial charge in [-0.15, -0.1) is 0 Å². The van der Waals surface area contributed by atoms with Crippen molar-refractivity contribution in [3.63, 3.8) is 0 Å². The number of halogens is 2. The van der Waals surface area contributed by atoms with Gasteiger partial charge in [-0.3, -0.25) is 0 Å². The van der Waals surface area contributed by atoms with Crippen LogP contribution in [0.25, 0.3) is 0 Å². The van der Waals surface area contributed by atoms with E-state index < -0.39 is 13.1 Å². The first-order valence-electron chi connectivity index (χ1n) is 7.53. The number of alkyl halides is 2. The molecule has 23 heavy (non-hydrogen) atoms. The molecule has 0 spiro atoms. The van der Waals surface area contributed by atoms with Crippen molar-refractivity contribution in [1.29, 1.82) is 0 Å². The van der Waals surface area contributed by atoms with Crippen molar-refractivity contribution in [2.24, 2.45) is 0 Å². The highest BCUT2D eigenvalue weighted by atomic mass is 35.5. The van der Waals surface area contributed by atoms with Crippen molar-refractivity contribution < 1.29 is 23.8 Å². The van der Waals surface area contributed by atoms with Crippen LogP contribution in [0.5, 0.6) is 11.5 Å². The molecule has 132 valence electrons. The number of hydrogen-bond donors (Lipinski definition) is 2. The van der Waals surface area contributed by atoms with E-state index in [1.165, 1.54) is 0 Å². The number of benzene rings is 1. The van der Waals surface area contributed by atoms with Crippen molar-refractivity contribution in [2.45, 2.75) is 43.5 Å². The lowest BCUT2D eigenvalue weighted by Gasteiger charge is -2.21. The van der Waals surface area contributed by atoms with E-state index in [9.17, 15) is 0 Å². The summed E-state index contributed by atoms with van der Waals surface area (Å²) in [5, 5.41) is 0. The first kappa shape index (κ1) is 20.8. The summed E-state index contributed by atoms with van der Waals surface area (Å²) in [6, 6.07) is 7.14. The van der Waals surface area contributed by atoms with Gasteiger partial charge in [0.2, 0.25) is 0 Å². The van der Waals surface area contributed by atoms with Crippen LogP contribution in [0, 0.1) is 0 Å². The van der Waals surface area contributed by atoms with E-state index in [0.717, 1.165) is 19.3 Å². The molecule has 2 N–H and O–H groups in total. The molecule has 5 nitrogen and oxygen atoms in total. The van der Waals surface area contributed by atoms with Crippen LogP contribution in [-0.4, -0.2) is 27.5 Å². The minimum Gasteiger partial charge on any atom is -0.493 e. The van der Waals surface area contributed by atoms with E-state index in [4.69, 9.17) is 42.5 Å². The molecule has 1 rings (SSSR count). The molecule has 0 saturated heterocycles. The molecule has 0 amide bonds. The summed E-state index contributed by atoms with van der Waals surface area (Å²) in [5.74, 6) is 1.22. The van der Waals surface area contributed by atoms with Crippen molar-refractivity contribution in [2.75, 3.05) is 13.2 Å². The summed E-state index contributed by atoms with van der Waals surface area (Å²) in [5.41, 5.74) is 0. The SMILES string of the molecule is CCCCCOc1cccc(OC(Cl)(Cl)CCCOP(O)O)c1. The maximum Gasteiger partial charge on any atom is 0.327 e. The molecule has 0 aliphatic carbocycles. The molecule has 0 aliphatic rings. The van der Waals surface area contributed by atoms with E-state index in [1.807, 2.05) is 12.1 Å². The van der Waals surface area contributed by atoms with Crippen molar-refractivity contribution in [3.05, 3.63) is 24.3 Å². The van der Waals surface area contributed by atoms with Gasteiger partial charge in [-0.25, -0.2) is 0 Å². The minimum atomic E-state index is -2.35. The van der Waals surface area contributed by atoms with E-state index in [2.05, 4.69) is 11.4 Å². The van der Waals surface area contributed by atoms with Gasteiger partial charge in [0, 0.05) is 12.5 Å². The van der Waals surface area contributed by atoms with Gasteiger partial charge in [0.1, 0.15) is 11.5 Å². The quantitative estimate of drug-likeness (QED) is 0.308. The zero-order chi connectivity index (χ0) is 17.1. The van der Waals surface area contributed by atoms with Crippen LogP contribution in [0.15, 0.2) is 24.3 Å². The minimum absolute atomic E-state index is 0.143. The molecule has 0 aliphatic heterocycles. The maximum atomic E-state index is 8.64. The van der Waals surface area contributed by atoms with Gasteiger partial charge in [0.05, 0.1) is 13.2 Å². The Morgan fingerprint density at radius 1 is 1.09 bits per heavy atom. The summed E-state index contributed by atoms with van der Waals surface area (Å²) in [6.45, 7) is 2.94. The topological polar surface area (TPSA) is 68.2 Å². The summed E-state index contributed by atoms with van der Waals surface area (Å²) >= 11 is 12.2. The highest BCUT2D eigenvalue weighted by molar-refractivity contribution is 7.39. The molecule has 0 aromatic heterocycles. The van der Waals surface area contributed by atoms with Crippen LogP contribution in [0.3, 0.4) is 0 Å². The zero-order valence-electron chi connectivity index (χ0n) is 13.1. The third-order valence-corrected chi connectivity index (χ3v) is 3.85. The Labute approximate surface area is 148 Å². The standard InChI is InChI=1S/C15H23Cl2O5P/c1-2-3-4-10-20-13-7-5-8-14(12-13)22-15(16,17)9-6-11-21-23(18)19/h5,7-8,12,18-19H,2-4,6,9-11H2,1H3. The predicted molar refractivity (Wildman–Crippen MR) is 93.1 cm³/mol. The van der Waals surface area contributed by atoms with Crippen molar-refractivity contribution >= 4 is 31.8 Å². The average Bonchev–Trinajstić information content (AvgIpc) is 2.48. The Balaban J connectivity index is 2.42. The van der Waals surface area contributed by atoms with Gasteiger partial charge in [0.15, 0.2) is 0 Å². The second-order valence-electron chi connectivity index (χ2n) is 4.96. The van der Waals surface area contributed by atoms with E-state index in [-0.39, 0.29) is 13.0 Å². The van der Waals surface area contributed by atoms with Crippen molar-refractivity contribution in [1.82, 2.24) is 0 Å². The number of unbranched alkanes of at least 4 members (excludes halogenated alkanes) is 2. The fourth-order valence-corrected chi connectivity index (χ4v) is 2.56. The molecule has 0 saturated carbocycles. The molecule has 0 fully saturated rings. The Hall–Kier alpha value is -0.290. The maximum absolute atomic E-state index is 8.64. The number of hydrogen-bond acceptors (Lipinski definition) is 5. The largest absolute Gasteiger partial charge is 0.493 e. The molecule has 8 heteroatoms. The number of ether oxygens (including phenoxy) is 2. The average molecular weight is 385 g/mol. The summed E-state index contributed by atoms with van der Waals surface area (Å²) in [7, 11) is -2.35. The first-order chi connectivity index (χ1) is 10.9. The fourth-order valence-electron chi connectivity index (χ4n) is 1.82. The van der Waals surface area contributed by atoms with Crippen LogP contribution < -0.4 is 9.47 Å². The summed E-state index contributed by atoms with van der Waals surface area (Å²) < 4.78 is 14.4. The normalized spacial score (nSPS) is 11.7. The van der Waals surface area contributed by atoms with Gasteiger partial charge >= 0.3 is 8.60 Å². The zero-order valence-corrected chi connectivity index (χ0v) is 15.5. The van der Waals surface area contributed by atoms with E-state index >= 15 is 0 Å². The highest BCUT2D eigenvalue weighted by Gasteiger charge is 2.26. The van der Waals surface area contributed by atoms with Gasteiger partial charge in [0.25, 0.3) is 4.52 Å². The lowest BCUT2D eigenvalue weighted by Crippen LogP contribution is -2.22. The monoisotopic (exact) mass is 384 g/mol. The molecule has 1 aromatic carbocycles. The molecular weight excluding hydrogens is 362 g/mol. The van der Waals surface area contributed by atoms with E-state index in [0.29, 0.717) is 24.5 Å². The fraction of sp³-hybridized carbons (Fsp3) is 0.600. The number of rotatable bonds is 12. The summed E-state index contributed by atoms with van der Waals surface area (Å²) in [4.78, 5) is 17.3. The van der Waals surface area contributed by atoms with Crippen LogP contribution in [0.1, 0.15) is 39.0 Å². The molecule has 0 radical (unpaired) electrons. The van der Waals surface area contributed by atoms with Gasteiger partial charge in [-0.05, 0) is 25.0 Å². The first-order valence-corrected chi connectivity index (χ1v) is 9.45. The Bertz CT molecular complexity index is 446. The van der Waals surface area contributed by atoms with Crippen LogP contribution >= 0.6 is 31.8 Å². The molecule has 0 heterocycles. The molecule has 0 bridgehead atoms. The smallest absolute Gasteiger partial charge is 0.327 e. The molecule has 1 aromatic rings. The van der Waals surface area contributed by atoms with Gasteiger partial charge < -0.3 is 23.8 Å². The van der Waals surface area contributed by atoms with Crippen LogP contribution in [0.2, 0.25) is 0 Å². The second-order valence-corrected chi connectivity index (χ2v) is 7.14. The highest BCUT2D eigenvalue weighted by Crippen LogP contribution is 2.33. The lowest BCUT2D eigenvalue weighted by atomic mass is 10.2. The third kappa shape index (κ3) is 10.2. The summed E-state index contributed by atoms with van der Waals surface area (Å²) in [6.07, 6.45) is 4.00. The molecular formula is C15H23Cl2O5P. The van der Waals surface area contributed by atoms with Crippen LogP contribution in [-0.2, 0) is 4.52 Å². The van der Waals surface area contributed by atoms with Gasteiger partial charge in [-0.2, -0.15) is 0 Å². The van der Waals surface area contributed by atoms with Crippen molar-refractivity contribution in [3.8, 4) is 11.5 Å². The van der Waals surface area contributed by atoms with E-state index in [1.54, 1.807) is 12.1 Å². The lowest BCUT2D eigenvalue weighted by molar-refractivity contribution is 0.199. The second kappa shape index (κ2) is 11.3. The predicted octanol–water partition coefficient (Wildman–Crippen LogP) is 4.77. The Morgan fingerprint density at radius 3 is 2.52 bits per heavy atom. The third-order valence-electron chi connectivity index (χ3n) is 2.91. The van der Waals surface area contributed by atoms with Crippen LogP contribution in [0.4, 0.5) is 0 Å².